The summed E-state index contributed by atoms with van der Waals surface area (Å²) in [5.74, 6) is 0.126. The largest absolute Gasteiger partial charge is 0.491 e. The van der Waals surface area contributed by atoms with Crippen molar-refractivity contribution in [3.8, 4) is 5.75 Å². The third kappa shape index (κ3) is 2.83. The fourth-order valence-corrected chi connectivity index (χ4v) is 3.60. The van der Waals surface area contributed by atoms with Gasteiger partial charge in [-0.25, -0.2) is 0 Å². The van der Waals surface area contributed by atoms with Crippen molar-refractivity contribution in [1.29, 1.82) is 0 Å². The highest BCUT2D eigenvalue weighted by molar-refractivity contribution is 6.02. The summed E-state index contributed by atoms with van der Waals surface area (Å²) in [7, 11) is 1.58. The van der Waals surface area contributed by atoms with Crippen LogP contribution in [-0.4, -0.2) is 32.0 Å². The zero-order valence-electron chi connectivity index (χ0n) is 15.4. The second kappa shape index (κ2) is 7.20. The van der Waals surface area contributed by atoms with Gasteiger partial charge in [0.05, 0.1) is 11.0 Å². The molecule has 0 bridgehead atoms. The van der Waals surface area contributed by atoms with Crippen molar-refractivity contribution in [2.24, 2.45) is 0 Å². The molecule has 2 N–H and O–H groups in total. The Morgan fingerprint density at radius 1 is 1.12 bits per heavy atom. The van der Waals surface area contributed by atoms with E-state index in [-0.39, 0.29) is 17.2 Å². The maximum absolute atomic E-state index is 12.5. The van der Waals surface area contributed by atoms with Crippen LogP contribution in [-0.2, 0) is 5.41 Å². The molecule has 0 spiro atoms. The van der Waals surface area contributed by atoms with Crippen LogP contribution in [0, 0.1) is 0 Å². The highest BCUT2D eigenvalue weighted by atomic mass is 16.5. The lowest BCUT2D eigenvalue weighted by Crippen LogP contribution is -2.29. The van der Waals surface area contributed by atoms with Crippen molar-refractivity contribution in [3.05, 3.63) is 64.7 Å². The molecular formula is C21H24N2O3. The molecule has 0 aliphatic carbocycles. The number of benzene rings is 2. The predicted molar refractivity (Wildman–Crippen MR) is 101 cm³/mol. The smallest absolute Gasteiger partial charge is 0.254 e. The molecule has 0 saturated heterocycles. The zero-order chi connectivity index (χ0) is 18.7. The highest BCUT2D eigenvalue weighted by Gasteiger charge is 2.43. The summed E-state index contributed by atoms with van der Waals surface area (Å²) in [5.41, 5.74) is 2.52. The number of rotatable bonds is 5. The average Bonchev–Trinajstić information content (AvgIpc) is 3.07. The minimum atomic E-state index is -0.373. The van der Waals surface area contributed by atoms with Crippen LogP contribution in [0.3, 0.4) is 0 Å². The molecular weight excluding hydrogens is 328 g/mol. The molecule has 5 heteroatoms. The zero-order valence-corrected chi connectivity index (χ0v) is 15.4. The van der Waals surface area contributed by atoms with Gasteiger partial charge in [0, 0.05) is 24.7 Å². The summed E-state index contributed by atoms with van der Waals surface area (Å²) >= 11 is 0. The van der Waals surface area contributed by atoms with Crippen LogP contribution in [0.1, 0.15) is 52.1 Å². The molecule has 1 aliphatic rings. The van der Waals surface area contributed by atoms with Crippen LogP contribution >= 0.6 is 0 Å². The van der Waals surface area contributed by atoms with Crippen LogP contribution in [0.15, 0.2) is 42.5 Å². The summed E-state index contributed by atoms with van der Waals surface area (Å²) in [6, 6.07) is 13.6. The summed E-state index contributed by atoms with van der Waals surface area (Å²) < 4.78 is 6.02. The third-order valence-electron chi connectivity index (χ3n) is 5.07. The van der Waals surface area contributed by atoms with E-state index in [9.17, 15) is 9.59 Å². The van der Waals surface area contributed by atoms with Crippen molar-refractivity contribution < 1.29 is 14.3 Å². The number of carbonyl (C=O) groups is 2. The Morgan fingerprint density at radius 2 is 1.85 bits per heavy atom. The van der Waals surface area contributed by atoms with Crippen molar-refractivity contribution >= 4 is 11.8 Å². The molecule has 136 valence electrons. The Labute approximate surface area is 153 Å². The van der Waals surface area contributed by atoms with Crippen LogP contribution in [0.25, 0.3) is 0 Å². The normalized spacial score (nSPS) is 18.0. The molecule has 2 amide bonds. The van der Waals surface area contributed by atoms with Gasteiger partial charge in [0.2, 0.25) is 0 Å². The van der Waals surface area contributed by atoms with Gasteiger partial charge in [-0.3, -0.25) is 9.59 Å². The lowest BCUT2D eigenvalue weighted by Gasteiger charge is -2.27. The minimum absolute atomic E-state index is 0.189. The average molecular weight is 352 g/mol. The summed E-state index contributed by atoms with van der Waals surface area (Å²) in [6.45, 7) is 4.95. The van der Waals surface area contributed by atoms with Gasteiger partial charge in [-0.15, -0.1) is 0 Å². The fourth-order valence-electron chi connectivity index (χ4n) is 3.60. The van der Waals surface area contributed by atoms with Gasteiger partial charge >= 0.3 is 0 Å². The molecule has 26 heavy (non-hydrogen) atoms. The molecule has 0 saturated carbocycles. The Morgan fingerprint density at radius 3 is 2.46 bits per heavy atom. The van der Waals surface area contributed by atoms with Crippen LogP contribution in [0.4, 0.5) is 0 Å². The predicted octanol–water partition coefficient (Wildman–Crippen LogP) is 2.88. The topological polar surface area (TPSA) is 67.4 Å². The van der Waals surface area contributed by atoms with E-state index < -0.39 is 0 Å². The summed E-state index contributed by atoms with van der Waals surface area (Å²) in [4.78, 5) is 24.9. The van der Waals surface area contributed by atoms with Crippen molar-refractivity contribution in [3.63, 3.8) is 0 Å². The number of nitrogens with one attached hydrogen (secondary N) is 2. The van der Waals surface area contributed by atoms with Crippen molar-refractivity contribution in [2.45, 2.75) is 25.7 Å². The molecule has 3 rings (SSSR count). The second-order valence-corrected chi connectivity index (χ2v) is 6.43. The monoisotopic (exact) mass is 352 g/mol. The Bertz CT molecular complexity index is 833. The number of ether oxygens (including phenoxy) is 1. The number of hydrogen-bond donors (Lipinski definition) is 2. The Kier molecular flexibility index (Phi) is 4.98. The van der Waals surface area contributed by atoms with Gasteiger partial charge in [0.1, 0.15) is 12.4 Å². The molecule has 0 fully saturated rings. The van der Waals surface area contributed by atoms with Gasteiger partial charge in [0.15, 0.2) is 0 Å². The molecule has 2 aromatic rings. The van der Waals surface area contributed by atoms with Gasteiger partial charge in [-0.1, -0.05) is 37.3 Å². The number of amides is 2. The minimum Gasteiger partial charge on any atom is -0.491 e. The Hall–Kier alpha value is -2.82. The van der Waals surface area contributed by atoms with Crippen LogP contribution in [0.5, 0.6) is 5.75 Å². The molecule has 2 aromatic carbocycles. The highest BCUT2D eigenvalue weighted by Crippen LogP contribution is 2.47. The van der Waals surface area contributed by atoms with E-state index in [0.29, 0.717) is 30.0 Å². The number of hydrogen-bond acceptors (Lipinski definition) is 3. The van der Waals surface area contributed by atoms with Gasteiger partial charge in [-0.05, 0) is 31.0 Å². The number of fused-ring (bicyclic) bond motifs is 1. The lowest BCUT2D eigenvalue weighted by molar-refractivity contribution is 0.0955. The molecule has 5 nitrogen and oxygen atoms in total. The first kappa shape index (κ1) is 18.0. The molecule has 0 radical (unpaired) electrons. The van der Waals surface area contributed by atoms with E-state index >= 15 is 0 Å². The van der Waals surface area contributed by atoms with E-state index in [4.69, 9.17) is 4.74 Å². The van der Waals surface area contributed by atoms with E-state index in [1.165, 1.54) is 0 Å². The summed E-state index contributed by atoms with van der Waals surface area (Å²) in [5, 5.41) is 5.45. The first-order valence-corrected chi connectivity index (χ1v) is 8.94. The molecule has 1 aliphatic heterocycles. The lowest BCUT2D eigenvalue weighted by atomic mass is 9.73. The molecule has 1 atom stereocenters. The van der Waals surface area contributed by atoms with Gasteiger partial charge in [0.25, 0.3) is 11.8 Å². The fraction of sp³-hybridized carbons (Fsp3) is 0.333. The number of carbonyl (C=O) groups excluding carboxylic acids is 2. The van der Waals surface area contributed by atoms with Crippen molar-refractivity contribution in [1.82, 2.24) is 10.6 Å². The van der Waals surface area contributed by atoms with E-state index in [2.05, 4.69) is 29.7 Å². The summed E-state index contributed by atoms with van der Waals surface area (Å²) in [6.07, 6.45) is 0.802. The maximum atomic E-state index is 12.5. The van der Waals surface area contributed by atoms with E-state index in [1.807, 2.05) is 31.2 Å². The second-order valence-electron chi connectivity index (χ2n) is 6.43. The van der Waals surface area contributed by atoms with Gasteiger partial charge < -0.3 is 15.4 Å². The van der Waals surface area contributed by atoms with E-state index in [1.54, 1.807) is 13.1 Å². The van der Waals surface area contributed by atoms with Crippen molar-refractivity contribution in [2.75, 3.05) is 20.2 Å². The first-order valence-electron chi connectivity index (χ1n) is 8.94. The van der Waals surface area contributed by atoms with Gasteiger partial charge in [-0.2, -0.15) is 0 Å². The molecule has 0 aromatic heterocycles. The molecule has 1 heterocycles. The van der Waals surface area contributed by atoms with E-state index in [0.717, 1.165) is 17.5 Å². The quantitative estimate of drug-likeness (QED) is 0.869. The third-order valence-corrected chi connectivity index (χ3v) is 5.07. The first-order chi connectivity index (χ1) is 12.6. The SMILES string of the molecule is CCNC(=O)c1cc(C(=O)NC)c2c(c1)[C@](CC)(c1ccccc1)CO2. The Balaban J connectivity index is 2.23. The van der Waals surface area contributed by atoms with Crippen LogP contribution < -0.4 is 15.4 Å². The maximum Gasteiger partial charge on any atom is 0.254 e. The standard InChI is InChI=1S/C21H24N2O3/c1-4-21(15-9-7-6-8-10-15)13-26-18-16(20(25)22-3)11-14(12-17(18)21)19(24)23-5-2/h6-12H,4-5,13H2,1-3H3,(H,22,25)(H,23,24)/t21-/m0/s1. The van der Waals surface area contributed by atoms with Crippen LogP contribution in [0.2, 0.25) is 0 Å². The molecule has 0 unspecified atom stereocenters.